The van der Waals surface area contributed by atoms with Gasteiger partial charge in [-0.2, -0.15) is 0 Å². The summed E-state index contributed by atoms with van der Waals surface area (Å²) in [7, 11) is 3.18. The van der Waals surface area contributed by atoms with Crippen LogP contribution in [0.15, 0.2) is 48.5 Å². The lowest BCUT2D eigenvalue weighted by molar-refractivity contribution is -0.129. The molecule has 304 valence electrons. The van der Waals surface area contributed by atoms with E-state index in [0.29, 0.717) is 55.0 Å². The lowest BCUT2D eigenvalue weighted by Crippen LogP contribution is -2.45. The van der Waals surface area contributed by atoms with E-state index in [1.54, 1.807) is 25.2 Å². The Kier molecular flexibility index (Phi) is 23.6. The first-order valence-electron chi connectivity index (χ1n) is 20.6. The third-order valence-electron chi connectivity index (χ3n) is 9.86. The summed E-state index contributed by atoms with van der Waals surface area (Å²) in [5, 5.41) is 3.80. The van der Waals surface area contributed by atoms with Crippen LogP contribution in [0.25, 0.3) is 5.57 Å². The van der Waals surface area contributed by atoms with Crippen molar-refractivity contribution in [2.75, 3.05) is 86.5 Å². The minimum Gasteiger partial charge on any atom is -0.493 e. The summed E-state index contributed by atoms with van der Waals surface area (Å²) in [6, 6.07) is 13.0. The largest absolute Gasteiger partial charge is 0.493 e. The molecular formula is C44H70ClN3O6. The van der Waals surface area contributed by atoms with Crippen LogP contribution in [0.3, 0.4) is 0 Å². The fraction of sp³-hybridized carbons (Fsp3) is 0.659. The summed E-state index contributed by atoms with van der Waals surface area (Å²) in [5.41, 5.74) is 2.55. The molecule has 3 aliphatic heterocycles. The van der Waals surface area contributed by atoms with Gasteiger partial charge in [-0.15, -0.1) is 0 Å². The monoisotopic (exact) mass is 771 g/mol. The first kappa shape index (κ1) is 45.7. The van der Waals surface area contributed by atoms with Crippen LogP contribution in [-0.2, 0) is 19.0 Å². The number of halogens is 1. The molecule has 0 radical (unpaired) electrons. The quantitative estimate of drug-likeness (QED) is 0.127. The number of morpholine rings is 3. The van der Waals surface area contributed by atoms with Crippen molar-refractivity contribution in [2.24, 2.45) is 0 Å². The molecule has 0 aliphatic carbocycles. The van der Waals surface area contributed by atoms with Crippen LogP contribution in [-0.4, -0.2) is 114 Å². The Morgan fingerprint density at radius 1 is 0.759 bits per heavy atom. The molecule has 1 N–H and O–H groups in total. The van der Waals surface area contributed by atoms with Crippen LogP contribution in [0.1, 0.15) is 103 Å². The SMILES string of the molecule is C1COCCN1.CCCCCCCCCCCCCN1CC(C)OC(C)C1.COc1ccc(/C(=C/C(=O)N2CCOCC2)c2ccc(Cl)cc2)cc1OC. The van der Waals surface area contributed by atoms with Gasteiger partial charge >= 0.3 is 0 Å². The van der Waals surface area contributed by atoms with Crippen molar-refractivity contribution in [3.63, 3.8) is 0 Å². The summed E-state index contributed by atoms with van der Waals surface area (Å²) in [4.78, 5) is 17.2. The number of methoxy groups -OCH3 is 2. The van der Waals surface area contributed by atoms with Crippen molar-refractivity contribution in [3.8, 4) is 11.5 Å². The third-order valence-corrected chi connectivity index (χ3v) is 10.1. The molecule has 3 fully saturated rings. The zero-order valence-corrected chi connectivity index (χ0v) is 34.8. The Morgan fingerprint density at radius 2 is 1.30 bits per heavy atom. The fourth-order valence-electron chi connectivity index (χ4n) is 6.95. The van der Waals surface area contributed by atoms with E-state index in [0.717, 1.165) is 56.1 Å². The highest BCUT2D eigenvalue weighted by Crippen LogP contribution is 2.33. The predicted molar refractivity (Wildman–Crippen MR) is 222 cm³/mol. The number of carbonyl (C=O) groups excluding carboxylic acids is 1. The van der Waals surface area contributed by atoms with E-state index < -0.39 is 0 Å². The number of nitrogens with zero attached hydrogens (tertiary/aromatic N) is 2. The highest BCUT2D eigenvalue weighted by molar-refractivity contribution is 6.30. The molecule has 2 aromatic carbocycles. The molecule has 2 unspecified atom stereocenters. The van der Waals surface area contributed by atoms with E-state index in [2.05, 4.69) is 31.0 Å². The molecule has 9 nitrogen and oxygen atoms in total. The summed E-state index contributed by atoms with van der Waals surface area (Å²) >= 11 is 6.03. The number of hydrogen-bond donors (Lipinski definition) is 1. The number of unbranched alkanes of at least 4 members (excludes halogenated alkanes) is 10. The van der Waals surface area contributed by atoms with Gasteiger partial charge in [0, 0.05) is 50.4 Å². The second kappa shape index (κ2) is 27.8. The van der Waals surface area contributed by atoms with E-state index in [1.165, 1.54) is 77.2 Å². The standard InChI is InChI=1S/C21H22ClNO4.C19H39NO.C4H9NO/c1-25-19-8-5-16(13-20(19)26-2)18(15-3-6-17(22)7-4-15)14-21(24)23-9-11-27-12-10-23;1-4-5-6-7-8-9-10-11-12-13-14-15-20-16-18(2)21-19(3)17-20;1-3-6-4-2-5-1/h3-8,13-14H,9-12H2,1-2H3;18-19H,4-17H2,1-3H3;5H,1-4H2/b18-14+;;. The van der Waals surface area contributed by atoms with Crippen molar-refractivity contribution in [2.45, 2.75) is 104 Å². The second-order valence-corrected chi connectivity index (χ2v) is 14.9. The molecule has 0 spiro atoms. The minimum absolute atomic E-state index is 0.0435. The summed E-state index contributed by atoms with van der Waals surface area (Å²) in [6.45, 7) is 16.4. The van der Waals surface area contributed by atoms with Crippen molar-refractivity contribution in [1.29, 1.82) is 0 Å². The van der Waals surface area contributed by atoms with Gasteiger partial charge in [-0.3, -0.25) is 9.69 Å². The zero-order chi connectivity index (χ0) is 38.8. The zero-order valence-electron chi connectivity index (χ0n) is 34.1. The third kappa shape index (κ3) is 18.3. The van der Waals surface area contributed by atoms with Crippen molar-refractivity contribution < 1.29 is 28.5 Å². The average Bonchev–Trinajstić information content (AvgIpc) is 3.20. The maximum atomic E-state index is 12.8. The molecule has 10 heteroatoms. The number of ether oxygens (including phenoxy) is 5. The van der Waals surface area contributed by atoms with Crippen LogP contribution < -0.4 is 14.8 Å². The van der Waals surface area contributed by atoms with Gasteiger partial charge < -0.3 is 33.9 Å². The van der Waals surface area contributed by atoms with Gasteiger partial charge in [-0.1, -0.05) is 101 Å². The smallest absolute Gasteiger partial charge is 0.247 e. The van der Waals surface area contributed by atoms with Crippen LogP contribution in [0.2, 0.25) is 5.02 Å². The van der Waals surface area contributed by atoms with Crippen molar-refractivity contribution >= 4 is 23.1 Å². The van der Waals surface area contributed by atoms with Gasteiger partial charge in [0.05, 0.1) is 52.9 Å². The first-order chi connectivity index (χ1) is 26.3. The van der Waals surface area contributed by atoms with E-state index in [1.807, 2.05) is 42.5 Å². The Morgan fingerprint density at radius 3 is 1.81 bits per heavy atom. The van der Waals surface area contributed by atoms with Crippen LogP contribution in [0.4, 0.5) is 0 Å². The van der Waals surface area contributed by atoms with E-state index >= 15 is 0 Å². The fourth-order valence-corrected chi connectivity index (χ4v) is 7.07. The molecule has 5 rings (SSSR count). The molecule has 54 heavy (non-hydrogen) atoms. The highest BCUT2D eigenvalue weighted by Gasteiger charge is 2.21. The van der Waals surface area contributed by atoms with Gasteiger partial charge in [-0.05, 0) is 67.8 Å². The lowest BCUT2D eigenvalue weighted by atomic mass is 9.96. The van der Waals surface area contributed by atoms with E-state index in [9.17, 15) is 4.79 Å². The van der Waals surface area contributed by atoms with Crippen LogP contribution in [0.5, 0.6) is 11.5 Å². The molecule has 0 saturated carbocycles. The predicted octanol–water partition coefficient (Wildman–Crippen LogP) is 8.66. The van der Waals surface area contributed by atoms with Gasteiger partial charge in [0.2, 0.25) is 5.91 Å². The Bertz CT molecular complexity index is 1290. The summed E-state index contributed by atoms with van der Waals surface area (Å²) in [6.07, 6.45) is 18.2. The summed E-state index contributed by atoms with van der Waals surface area (Å²) < 4.78 is 26.9. The topological polar surface area (TPSA) is 81.7 Å². The molecule has 3 saturated heterocycles. The molecule has 3 heterocycles. The number of amides is 1. The Hall–Kier alpha value is -2.66. The highest BCUT2D eigenvalue weighted by atomic mass is 35.5. The molecule has 0 aromatic heterocycles. The molecule has 0 bridgehead atoms. The van der Waals surface area contributed by atoms with Crippen LogP contribution >= 0.6 is 11.6 Å². The maximum Gasteiger partial charge on any atom is 0.247 e. The number of rotatable bonds is 17. The second-order valence-electron chi connectivity index (χ2n) is 14.5. The number of nitrogens with one attached hydrogen (secondary N) is 1. The molecule has 1 amide bonds. The van der Waals surface area contributed by atoms with Crippen LogP contribution in [0, 0.1) is 0 Å². The number of benzene rings is 2. The van der Waals surface area contributed by atoms with E-state index in [-0.39, 0.29) is 5.91 Å². The van der Waals surface area contributed by atoms with Crippen molar-refractivity contribution in [1.82, 2.24) is 15.1 Å². The maximum absolute atomic E-state index is 12.8. The van der Waals surface area contributed by atoms with Gasteiger partial charge in [-0.25, -0.2) is 0 Å². The molecule has 2 atom stereocenters. The number of hydrogen-bond acceptors (Lipinski definition) is 8. The van der Waals surface area contributed by atoms with Gasteiger partial charge in [0.15, 0.2) is 11.5 Å². The molecule has 2 aromatic rings. The average molecular weight is 773 g/mol. The Labute approximate surface area is 332 Å². The van der Waals surface area contributed by atoms with Crippen molar-refractivity contribution in [3.05, 3.63) is 64.7 Å². The first-order valence-corrected chi connectivity index (χ1v) is 20.9. The lowest BCUT2D eigenvalue weighted by Gasteiger charge is -2.35. The molecule has 3 aliphatic rings. The summed E-state index contributed by atoms with van der Waals surface area (Å²) in [5.74, 6) is 1.20. The minimum atomic E-state index is -0.0435. The number of carbonyl (C=O) groups is 1. The van der Waals surface area contributed by atoms with Gasteiger partial charge in [0.25, 0.3) is 0 Å². The van der Waals surface area contributed by atoms with E-state index in [4.69, 9.17) is 35.3 Å². The normalized spacial score (nSPS) is 19.2. The van der Waals surface area contributed by atoms with Gasteiger partial charge in [0.1, 0.15) is 0 Å². The molecular weight excluding hydrogens is 702 g/mol. The Balaban J connectivity index is 0.000000257.